The molecule has 0 bridgehead atoms. The standard InChI is InChI=1S/C18H17F2NO3/c1-24-18(23)16(11-13-5-3-2-4-6-13)21(12-19)17(22)14-7-9-15(20)10-8-14/h2-10,16H,11-12H2,1H3/t16-/m0/s1. The van der Waals surface area contributed by atoms with Crippen LogP contribution in [0.1, 0.15) is 15.9 Å². The van der Waals surface area contributed by atoms with E-state index < -0.39 is 30.5 Å². The lowest BCUT2D eigenvalue weighted by Gasteiger charge is -2.27. The molecule has 24 heavy (non-hydrogen) atoms. The van der Waals surface area contributed by atoms with Gasteiger partial charge in [0.2, 0.25) is 0 Å². The van der Waals surface area contributed by atoms with Gasteiger partial charge >= 0.3 is 5.97 Å². The number of nitrogens with zero attached hydrogens (tertiary/aromatic N) is 1. The Balaban J connectivity index is 2.29. The smallest absolute Gasteiger partial charge is 0.329 e. The van der Waals surface area contributed by atoms with Gasteiger partial charge in [-0.1, -0.05) is 30.3 Å². The number of carbonyl (C=O) groups excluding carboxylic acids is 2. The Kier molecular flexibility index (Phi) is 6.01. The monoisotopic (exact) mass is 333 g/mol. The van der Waals surface area contributed by atoms with Gasteiger partial charge in [0.25, 0.3) is 5.91 Å². The molecule has 0 N–H and O–H groups in total. The molecule has 2 aromatic carbocycles. The maximum Gasteiger partial charge on any atom is 0.329 e. The van der Waals surface area contributed by atoms with E-state index in [4.69, 9.17) is 4.74 Å². The third kappa shape index (κ3) is 4.16. The van der Waals surface area contributed by atoms with Crippen LogP contribution in [0.3, 0.4) is 0 Å². The number of halogens is 2. The molecule has 0 aliphatic rings. The highest BCUT2D eigenvalue weighted by molar-refractivity contribution is 5.96. The molecule has 0 saturated heterocycles. The number of carbonyl (C=O) groups is 2. The number of alkyl halides is 1. The van der Waals surface area contributed by atoms with Gasteiger partial charge in [0.05, 0.1) is 7.11 Å². The van der Waals surface area contributed by atoms with Gasteiger partial charge < -0.3 is 4.74 Å². The van der Waals surface area contributed by atoms with Gasteiger partial charge in [0, 0.05) is 12.0 Å². The number of hydrogen-bond donors (Lipinski definition) is 0. The van der Waals surface area contributed by atoms with Gasteiger partial charge in [-0.2, -0.15) is 0 Å². The van der Waals surface area contributed by atoms with Gasteiger partial charge in [-0.05, 0) is 29.8 Å². The molecule has 4 nitrogen and oxygen atoms in total. The van der Waals surface area contributed by atoms with Crippen molar-refractivity contribution in [2.24, 2.45) is 0 Å². The number of benzene rings is 2. The molecule has 2 rings (SSSR count). The molecule has 0 unspecified atom stereocenters. The summed E-state index contributed by atoms with van der Waals surface area (Å²) in [5, 5.41) is 0. The highest BCUT2D eigenvalue weighted by atomic mass is 19.1. The Bertz CT molecular complexity index is 689. The fraction of sp³-hybridized carbons (Fsp3) is 0.222. The van der Waals surface area contributed by atoms with Crippen molar-refractivity contribution in [3.05, 3.63) is 71.5 Å². The molecule has 1 atom stereocenters. The summed E-state index contributed by atoms with van der Waals surface area (Å²) in [7, 11) is 1.18. The molecule has 0 saturated carbocycles. The number of methoxy groups -OCH3 is 1. The summed E-state index contributed by atoms with van der Waals surface area (Å²) in [5.41, 5.74) is 0.856. The van der Waals surface area contributed by atoms with Crippen LogP contribution < -0.4 is 0 Å². The van der Waals surface area contributed by atoms with Crippen LogP contribution in [-0.2, 0) is 16.0 Å². The summed E-state index contributed by atoms with van der Waals surface area (Å²) in [6, 6.07) is 12.5. The van der Waals surface area contributed by atoms with Crippen molar-refractivity contribution in [3.63, 3.8) is 0 Å². The number of esters is 1. The van der Waals surface area contributed by atoms with Crippen LogP contribution in [0, 0.1) is 5.82 Å². The SMILES string of the molecule is COC(=O)[C@H](Cc1ccccc1)N(CF)C(=O)c1ccc(F)cc1. The van der Waals surface area contributed by atoms with E-state index in [0.717, 1.165) is 22.6 Å². The Morgan fingerprint density at radius 3 is 2.25 bits per heavy atom. The Morgan fingerprint density at radius 1 is 1.08 bits per heavy atom. The Labute approximate surface area is 138 Å². The molecule has 6 heteroatoms. The van der Waals surface area contributed by atoms with Gasteiger partial charge in [0.1, 0.15) is 11.9 Å². The third-order valence-electron chi connectivity index (χ3n) is 3.60. The normalized spacial score (nSPS) is 11.6. The summed E-state index contributed by atoms with van der Waals surface area (Å²) in [6.45, 7) is -1.16. The predicted molar refractivity (Wildman–Crippen MR) is 84.5 cm³/mol. The van der Waals surface area contributed by atoms with Gasteiger partial charge in [-0.15, -0.1) is 0 Å². The molecular weight excluding hydrogens is 316 g/mol. The topological polar surface area (TPSA) is 46.6 Å². The summed E-state index contributed by atoms with van der Waals surface area (Å²) in [6.07, 6.45) is 0.115. The van der Waals surface area contributed by atoms with E-state index in [2.05, 4.69) is 0 Å². The molecule has 126 valence electrons. The maximum absolute atomic E-state index is 13.5. The molecule has 1 amide bonds. The van der Waals surface area contributed by atoms with Crippen LogP contribution in [0.4, 0.5) is 8.78 Å². The quantitative estimate of drug-likeness (QED) is 0.603. The van der Waals surface area contributed by atoms with Crippen molar-refractivity contribution < 1.29 is 23.1 Å². The molecule has 0 aromatic heterocycles. The van der Waals surface area contributed by atoms with Gasteiger partial charge in [-0.25, -0.2) is 13.6 Å². The first kappa shape index (κ1) is 17.6. The minimum atomic E-state index is -1.16. The van der Waals surface area contributed by atoms with E-state index >= 15 is 0 Å². The average molecular weight is 333 g/mol. The van der Waals surface area contributed by atoms with Crippen molar-refractivity contribution in [3.8, 4) is 0 Å². The second kappa shape index (κ2) is 8.19. The van der Waals surface area contributed by atoms with Crippen LogP contribution in [0.5, 0.6) is 0 Å². The summed E-state index contributed by atoms with van der Waals surface area (Å²) in [4.78, 5) is 25.3. The second-order valence-corrected chi connectivity index (χ2v) is 5.13. The van der Waals surface area contributed by atoms with Crippen molar-refractivity contribution in [2.45, 2.75) is 12.5 Å². The van der Waals surface area contributed by atoms with Gasteiger partial charge in [0.15, 0.2) is 6.80 Å². The minimum Gasteiger partial charge on any atom is -0.467 e. The predicted octanol–water partition coefficient (Wildman–Crippen LogP) is 2.98. The van der Waals surface area contributed by atoms with Crippen LogP contribution in [-0.4, -0.2) is 36.7 Å². The van der Waals surface area contributed by atoms with E-state index in [1.54, 1.807) is 24.3 Å². The highest BCUT2D eigenvalue weighted by Gasteiger charge is 2.31. The maximum atomic E-state index is 13.5. The average Bonchev–Trinajstić information content (AvgIpc) is 2.62. The fourth-order valence-electron chi connectivity index (χ4n) is 2.33. The lowest BCUT2D eigenvalue weighted by atomic mass is 10.0. The number of hydrogen-bond acceptors (Lipinski definition) is 3. The highest BCUT2D eigenvalue weighted by Crippen LogP contribution is 2.15. The van der Waals surface area contributed by atoms with Crippen LogP contribution in [0.2, 0.25) is 0 Å². The number of amides is 1. The zero-order valence-electron chi connectivity index (χ0n) is 13.1. The third-order valence-corrected chi connectivity index (χ3v) is 3.60. The van der Waals surface area contributed by atoms with E-state index in [-0.39, 0.29) is 12.0 Å². The molecule has 0 aliphatic carbocycles. The van der Waals surface area contributed by atoms with Crippen LogP contribution in [0.25, 0.3) is 0 Å². The van der Waals surface area contributed by atoms with Crippen molar-refractivity contribution in [1.82, 2.24) is 4.90 Å². The first-order chi connectivity index (χ1) is 11.6. The number of rotatable bonds is 6. The zero-order chi connectivity index (χ0) is 17.5. The molecular formula is C18H17F2NO3. The van der Waals surface area contributed by atoms with E-state index in [9.17, 15) is 18.4 Å². The minimum absolute atomic E-state index is 0.0935. The zero-order valence-corrected chi connectivity index (χ0v) is 13.1. The fourth-order valence-corrected chi connectivity index (χ4v) is 2.33. The van der Waals surface area contributed by atoms with Crippen molar-refractivity contribution in [2.75, 3.05) is 13.9 Å². The molecule has 0 radical (unpaired) electrons. The molecule has 0 heterocycles. The van der Waals surface area contributed by atoms with Crippen molar-refractivity contribution >= 4 is 11.9 Å². The largest absolute Gasteiger partial charge is 0.467 e. The van der Waals surface area contributed by atoms with Crippen LogP contribution >= 0.6 is 0 Å². The first-order valence-electron chi connectivity index (χ1n) is 7.31. The Morgan fingerprint density at radius 2 is 1.71 bits per heavy atom. The van der Waals surface area contributed by atoms with E-state index in [1.807, 2.05) is 6.07 Å². The summed E-state index contributed by atoms with van der Waals surface area (Å²) < 4.78 is 31.2. The van der Waals surface area contributed by atoms with Gasteiger partial charge in [-0.3, -0.25) is 9.69 Å². The second-order valence-electron chi connectivity index (χ2n) is 5.13. The lowest BCUT2D eigenvalue weighted by Crippen LogP contribution is -2.46. The van der Waals surface area contributed by atoms with Crippen LogP contribution in [0.15, 0.2) is 54.6 Å². The Hall–Kier alpha value is -2.76. The first-order valence-corrected chi connectivity index (χ1v) is 7.31. The molecule has 0 fully saturated rings. The van der Waals surface area contributed by atoms with E-state index in [0.29, 0.717) is 0 Å². The number of ether oxygens (including phenoxy) is 1. The van der Waals surface area contributed by atoms with Crippen molar-refractivity contribution in [1.29, 1.82) is 0 Å². The summed E-state index contributed by atoms with van der Waals surface area (Å²) in [5.74, 6) is -1.93. The van der Waals surface area contributed by atoms with E-state index in [1.165, 1.54) is 19.2 Å². The lowest BCUT2D eigenvalue weighted by molar-refractivity contribution is -0.146. The molecule has 0 aliphatic heterocycles. The summed E-state index contributed by atoms with van der Waals surface area (Å²) >= 11 is 0. The molecule has 2 aromatic rings. The molecule has 0 spiro atoms.